The standard InChI is InChI=1S/C14H14N2/c15-14(16-11-8-9-11)13-7-3-5-10-4-1-2-6-12(10)13/h1-7,11H,8-9H2,(H2,15,16). The molecule has 0 aliphatic heterocycles. The van der Waals surface area contributed by atoms with Gasteiger partial charge in [0.25, 0.3) is 0 Å². The average molecular weight is 210 g/mol. The molecule has 2 nitrogen and oxygen atoms in total. The fourth-order valence-corrected chi connectivity index (χ4v) is 1.92. The van der Waals surface area contributed by atoms with Gasteiger partial charge in [0.05, 0.1) is 6.04 Å². The zero-order valence-electron chi connectivity index (χ0n) is 9.06. The summed E-state index contributed by atoms with van der Waals surface area (Å²) in [6, 6.07) is 14.9. The SMILES string of the molecule is NC(=NC1CC1)c1cccc2ccccc12. The lowest BCUT2D eigenvalue weighted by Crippen LogP contribution is -2.14. The van der Waals surface area contributed by atoms with Crippen molar-refractivity contribution in [2.24, 2.45) is 10.7 Å². The summed E-state index contributed by atoms with van der Waals surface area (Å²) in [5.74, 6) is 0.680. The van der Waals surface area contributed by atoms with Crippen LogP contribution in [0.4, 0.5) is 0 Å². The van der Waals surface area contributed by atoms with Gasteiger partial charge in [0, 0.05) is 5.56 Å². The summed E-state index contributed by atoms with van der Waals surface area (Å²) in [6.07, 6.45) is 2.37. The van der Waals surface area contributed by atoms with Crippen molar-refractivity contribution >= 4 is 16.6 Å². The molecule has 1 aliphatic rings. The Hall–Kier alpha value is -1.83. The summed E-state index contributed by atoms with van der Waals surface area (Å²) < 4.78 is 0. The van der Waals surface area contributed by atoms with Crippen molar-refractivity contribution in [1.29, 1.82) is 0 Å². The monoisotopic (exact) mass is 210 g/mol. The van der Waals surface area contributed by atoms with E-state index in [9.17, 15) is 0 Å². The molecule has 0 atom stereocenters. The first-order chi connectivity index (χ1) is 7.84. The predicted octanol–water partition coefficient (Wildman–Crippen LogP) is 2.71. The highest BCUT2D eigenvalue weighted by molar-refractivity contribution is 6.09. The molecule has 80 valence electrons. The van der Waals surface area contributed by atoms with Crippen molar-refractivity contribution in [2.45, 2.75) is 18.9 Å². The third-order valence-corrected chi connectivity index (χ3v) is 2.93. The lowest BCUT2D eigenvalue weighted by molar-refractivity contribution is 1.06. The fourth-order valence-electron chi connectivity index (χ4n) is 1.92. The number of aliphatic imine (C=N–C) groups is 1. The number of amidine groups is 1. The van der Waals surface area contributed by atoms with Crippen molar-refractivity contribution in [3.63, 3.8) is 0 Å². The molecule has 0 bridgehead atoms. The van der Waals surface area contributed by atoms with Crippen LogP contribution in [0, 0.1) is 0 Å². The highest BCUT2D eigenvalue weighted by Gasteiger charge is 2.20. The van der Waals surface area contributed by atoms with Crippen LogP contribution in [-0.2, 0) is 0 Å². The van der Waals surface area contributed by atoms with Crippen LogP contribution in [0.2, 0.25) is 0 Å². The zero-order chi connectivity index (χ0) is 11.0. The Balaban J connectivity index is 2.15. The van der Waals surface area contributed by atoms with Crippen LogP contribution in [0.1, 0.15) is 18.4 Å². The molecule has 1 saturated carbocycles. The highest BCUT2D eigenvalue weighted by Crippen LogP contribution is 2.25. The maximum atomic E-state index is 6.05. The van der Waals surface area contributed by atoms with Crippen molar-refractivity contribution < 1.29 is 0 Å². The summed E-state index contributed by atoms with van der Waals surface area (Å²) in [5.41, 5.74) is 7.11. The highest BCUT2D eigenvalue weighted by atomic mass is 14.9. The molecular weight excluding hydrogens is 196 g/mol. The van der Waals surface area contributed by atoms with Crippen molar-refractivity contribution in [3.8, 4) is 0 Å². The molecule has 16 heavy (non-hydrogen) atoms. The van der Waals surface area contributed by atoms with Gasteiger partial charge in [-0.2, -0.15) is 0 Å². The first-order valence-corrected chi connectivity index (χ1v) is 5.66. The number of hydrogen-bond acceptors (Lipinski definition) is 1. The van der Waals surface area contributed by atoms with Gasteiger partial charge < -0.3 is 5.73 Å². The van der Waals surface area contributed by atoms with Gasteiger partial charge in [-0.25, -0.2) is 0 Å². The second-order valence-electron chi connectivity index (χ2n) is 4.27. The van der Waals surface area contributed by atoms with E-state index in [1.54, 1.807) is 0 Å². The first kappa shape index (κ1) is 9.40. The van der Waals surface area contributed by atoms with Crippen molar-refractivity contribution in [1.82, 2.24) is 0 Å². The van der Waals surface area contributed by atoms with Gasteiger partial charge in [-0.15, -0.1) is 0 Å². The molecule has 0 saturated heterocycles. The Morgan fingerprint density at radius 2 is 1.81 bits per heavy atom. The van der Waals surface area contributed by atoms with E-state index in [2.05, 4.69) is 23.2 Å². The summed E-state index contributed by atoms with van der Waals surface area (Å²) >= 11 is 0. The lowest BCUT2D eigenvalue weighted by Gasteiger charge is -2.05. The fraction of sp³-hybridized carbons (Fsp3) is 0.214. The Bertz CT molecular complexity index is 548. The Kier molecular flexibility index (Phi) is 2.13. The van der Waals surface area contributed by atoms with Gasteiger partial charge in [-0.1, -0.05) is 42.5 Å². The van der Waals surface area contributed by atoms with Crippen LogP contribution in [0.3, 0.4) is 0 Å². The quantitative estimate of drug-likeness (QED) is 0.600. The number of nitrogens with zero attached hydrogens (tertiary/aromatic N) is 1. The van der Waals surface area contributed by atoms with E-state index in [1.807, 2.05) is 24.3 Å². The van der Waals surface area contributed by atoms with E-state index in [0.717, 1.165) is 5.56 Å². The molecule has 3 rings (SSSR count). The van der Waals surface area contributed by atoms with Crippen molar-refractivity contribution in [2.75, 3.05) is 0 Å². The first-order valence-electron chi connectivity index (χ1n) is 5.66. The molecule has 0 heterocycles. The van der Waals surface area contributed by atoms with E-state index in [1.165, 1.54) is 23.6 Å². The maximum Gasteiger partial charge on any atom is 0.126 e. The molecule has 0 amide bonds. The molecule has 1 aliphatic carbocycles. The molecule has 1 fully saturated rings. The van der Waals surface area contributed by atoms with Crippen LogP contribution < -0.4 is 5.73 Å². The molecule has 2 heteroatoms. The summed E-state index contributed by atoms with van der Waals surface area (Å²) in [7, 11) is 0. The van der Waals surface area contributed by atoms with Gasteiger partial charge in [-0.05, 0) is 23.6 Å². The van der Waals surface area contributed by atoms with E-state index >= 15 is 0 Å². The van der Waals surface area contributed by atoms with E-state index in [4.69, 9.17) is 5.73 Å². The minimum Gasteiger partial charge on any atom is -0.383 e. The van der Waals surface area contributed by atoms with Gasteiger partial charge in [0.1, 0.15) is 5.84 Å². The molecule has 2 N–H and O–H groups in total. The zero-order valence-corrected chi connectivity index (χ0v) is 9.06. The second-order valence-corrected chi connectivity index (χ2v) is 4.27. The number of hydrogen-bond donors (Lipinski definition) is 1. The normalized spacial score (nSPS) is 16.6. The number of nitrogens with two attached hydrogens (primary N) is 1. The average Bonchev–Trinajstić information content (AvgIpc) is 3.12. The largest absolute Gasteiger partial charge is 0.383 e. The van der Waals surface area contributed by atoms with Crippen LogP contribution in [0.5, 0.6) is 0 Å². The minimum atomic E-state index is 0.471. The van der Waals surface area contributed by atoms with Crippen LogP contribution in [0.25, 0.3) is 10.8 Å². The summed E-state index contributed by atoms with van der Waals surface area (Å²) in [6.45, 7) is 0. The number of fused-ring (bicyclic) bond motifs is 1. The van der Waals surface area contributed by atoms with Crippen LogP contribution in [0.15, 0.2) is 47.5 Å². The Morgan fingerprint density at radius 3 is 2.62 bits per heavy atom. The van der Waals surface area contributed by atoms with Crippen LogP contribution >= 0.6 is 0 Å². The van der Waals surface area contributed by atoms with Crippen LogP contribution in [-0.4, -0.2) is 11.9 Å². The molecule has 2 aromatic carbocycles. The second kappa shape index (κ2) is 3.63. The molecule has 0 radical (unpaired) electrons. The maximum absolute atomic E-state index is 6.05. The van der Waals surface area contributed by atoms with E-state index < -0.39 is 0 Å². The molecule has 0 unspecified atom stereocenters. The number of benzene rings is 2. The smallest absolute Gasteiger partial charge is 0.126 e. The van der Waals surface area contributed by atoms with E-state index in [0.29, 0.717) is 11.9 Å². The molecule has 0 aromatic heterocycles. The van der Waals surface area contributed by atoms with Gasteiger partial charge in [-0.3, -0.25) is 4.99 Å². The minimum absolute atomic E-state index is 0.471. The summed E-state index contributed by atoms with van der Waals surface area (Å²) in [4.78, 5) is 4.50. The predicted molar refractivity (Wildman–Crippen MR) is 67.7 cm³/mol. The van der Waals surface area contributed by atoms with Gasteiger partial charge in [0.15, 0.2) is 0 Å². The third kappa shape index (κ3) is 1.67. The molecular formula is C14H14N2. The third-order valence-electron chi connectivity index (χ3n) is 2.93. The summed E-state index contributed by atoms with van der Waals surface area (Å²) in [5, 5.41) is 2.40. The Labute approximate surface area is 94.8 Å². The lowest BCUT2D eigenvalue weighted by atomic mass is 10.0. The molecule has 2 aromatic rings. The molecule has 0 spiro atoms. The van der Waals surface area contributed by atoms with Crippen molar-refractivity contribution in [3.05, 3.63) is 48.0 Å². The van der Waals surface area contributed by atoms with Gasteiger partial charge in [0.2, 0.25) is 0 Å². The number of rotatable bonds is 2. The topological polar surface area (TPSA) is 38.4 Å². The Morgan fingerprint density at radius 1 is 1.06 bits per heavy atom. The van der Waals surface area contributed by atoms with E-state index in [-0.39, 0.29) is 0 Å². The van der Waals surface area contributed by atoms with Gasteiger partial charge >= 0.3 is 0 Å².